The van der Waals surface area contributed by atoms with Crippen molar-refractivity contribution in [1.82, 2.24) is 19.7 Å². The molecule has 1 amide bonds. The molecule has 3 aromatic rings. The summed E-state index contributed by atoms with van der Waals surface area (Å²) in [4.78, 5) is 14.8. The summed E-state index contributed by atoms with van der Waals surface area (Å²) in [6.07, 6.45) is 0.401. The maximum atomic E-state index is 12.7. The minimum atomic E-state index is -3.71. The summed E-state index contributed by atoms with van der Waals surface area (Å²) in [6, 6.07) is 21.9. The van der Waals surface area contributed by atoms with E-state index in [0.717, 1.165) is 16.7 Å². The fourth-order valence-electron chi connectivity index (χ4n) is 4.04. The quantitative estimate of drug-likeness (QED) is 0.195. The molecule has 0 aliphatic carbocycles. The zero-order valence-corrected chi connectivity index (χ0v) is 25.0. The molecule has 41 heavy (non-hydrogen) atoms. The number of hydrogen-bond acceptors (Lipinski definition) is 7. The summed E-state index contributed by atoms with van der Waals surface area (Å²) in [5.74, 6) is -0.297. The van der Waals surface area contributed by atoms with E-state index in [1.165, 1.54) is 0 Å². The Bertz CT molecular complexity index is 1380. The SMILES string of the molecule is Cc1ccc(S(=O)(=O)NCCN(CCNC(=O)[C@H](N)Cc2ccccc2)CCNS(=O)(=O)c2ccc(C)cc2)cc1. The van der Waals surface area contributed by atoms with E-state index in [9.17, 15) is 21.6 Å². The van der Waals surface area contributed by atoms with Crippen LogP contribution in [0.15, 0.2) is 88.7 Å². The Kier molecular flexibility index (Phi) is 12.0. The molecule has 0 saturated heterocycles. The van der Waals surface area contributed by atoms with Crippen molar-refractivity contribution in [2.24, 2.45) is 5.73 Å². The van der Waals surface area contributed by atoms with Crippen LogP contribution in [0.4, 0.5) is 0 Å². The maximum absolute atomic E-state index is 12.7. The lowest BCUT2D eigenvalue weighted by Crippen LogP contribution is -2.46. The highest BCUT2D eigenvalue weighted by Crippen LogP contribution is 2.11. The van der Waals surface area contributed by atoms with E-state index in [1.807, 2.05) is 49.1 Å². The number of hydrogen-bond donors (Lipinski definition) is 4. The second kappa shape index (κ2) is 15.2. The average molecular weight is 602 g/mol. The number of nitrogens with zero attached hydrogens (tertiary/aromatic N) is 1. The lowest BCUT2D eigenvalue weighted by atomic mass is 10.1. The van der Waals surface area contributed by atoms with Crippen molar-refractivity contribution in [3.8, 4) is 0 Å². The topological polar surface area (TPSA) is 151 Å². The van der Waals surface area contributed by atoms with Crippen molar-refractivity contribution >= 4 is 26.0 Å². The predicted octanol–water partition coefficient (Wildman–Crippen LogP) is 1.55. The van der Waals surface area contributed by atoms with Gasteiger partial charge in [-0.05, 0) is 50.1 Å². The Morgan fingerprint density at radius 1 is 0.707 bits per heavy atom. The highest BCUT2D eigenvalue weighted by molar-refractivity contribution is 7.89. The third kappa shape index (κ3) is 10.7. The van der Waals surface area contributed by atoms with E-state index in [1.54, 1.807) is 48.5 Å². The van der Waals surface area contributed by atoms with Gasteiger partial charge in [-0.25, -0.2) is 26.3 Å². The summed E-state index contributed by atoms with van der Waals surface area (Å²) in [6.45, 7) is 5.17. The van der Waals surface area contributed by atoms with Crippen molar-refractivity contribution in [2.75, 3.05) is 39.3 Å². The number of amides is 1. The lowest BCUT2D eigenvalue weighted by molar-refractivity contribution is -0.122. The number of nitrogens with two attached hydrogens (primary N) is 1. The van der Waals surface area contributed by atoms with Gasteiger partial charge in [0.2, 0.25) is 26.0 Å². The van der Waals surface area contributed by atoms with Gasteiger partial charge in [-0.15, -0.1) is 0 Å². The molecule has 0 radical (unpaired) electrons. The molecule has 0 fully saturated rings. The van der Waals surface area contributed by atoms with Crippen LogP contribution < -0.4 is 20.5 Å². The molecule has 0 aliphatic rings. The van der Waals surface area contributed by atoms with E-state index in [0.29, 0.717) is 26.1 Å². The first kappa shape index (κ1) is 32.4. The lowest BCUT2D eigenvalue weighted by Gasteiger charge is -2.23. The summed E-state index contributed by atoms with van der Waals surface area (Å²) >= 11 is 0. The number of carbonyl (C=O) groups excluding carboxylic acids is 1. The minimum absolute atomic E-state index is 0.0996. The van der Waals surface area contributed by atoms with Gasteiger partial charge in [-0.2, -0.15) is 0 Å². The largest absolute Gasteiger partial charge is 0.353 e. The highest BCUT2D eigenvalue weighted by Gasteiger charge is 2.18. The predicted molar refractivity (Wildman–Crippen MR) is 160 cm³/mol. The number of rotatable bonds is 16. The number of benzene rings is 3. The van der Waals surface area contributed by atoms with Gasteiger partial charge >= 0.3 is 0 Å². The van der Waals surface area contributed by atoms with Gasteiger partial charge in [-0.3, -0.25) is 9.69 Å². The van der Waals surface area contributed by atoms with Crippen molar-refractivity contribution in [1.29, 1.82) is 0 Å². The number of carbonyl (C=O) groups is 1. The van der Waals surface area contributed by atoms with Gasteiger partial charge in [0, 0.05) is 39.3 Å². The number of aryl methyl sites for hydroxylation is 2. The molecule has 222 valence electrons. The van der Waals surface area contributed by atoms with Gasteiger partial charge in [0.05, 0.1) is 15.8 Å². The Hall–Kier alpha value is -3.13. The minimum Gasteiger partial charge on any atom is -0.353 e. The van der Waals surface area contributed by atoms with Crippen LogP contribution in [0.25, 0.3) is 0 Å². The van der Waals surface area contributed by atoms with Gasteiger partial charge in [-0.1, -0.05) is 65.7 Å². The first-order chi connectivity index (χ1) is 19.5. The molecule has 0 heterocycles. The van der Waals surface area contributed by atoms with Crippen molar-refractivity contribution in [3.05, 3.63) is 95.6 Å². The molecule has 0 aromatic heterocycles. The highest BCUT2D eigenvalue weighted by atomic mass is 32.2. The molecular formula is C29H39N5O5S2. The molecule has 0 bridgehead atoms. The van der Waals surface area contributed by atoms with Crippen LogP contribution in [-0.2, 0) is 31.3 Å². The second-order valence-electron chi connectivity index (χ2n) is 9.85. The van der Waals surface area contributed by atoms with Crippen molar-refractivity contribution < 1.29 is 21.6 Å². The zero-order valence-electron chi connectivity index (χ0n) is 23.4. The van der Waals surface area contributed by atoms with E-state index >= 15 is 0 Å². The summed E-state index contributed by atoms with van der Waals surface area (Å²) in [5.41, 5.74) is 8.93. The fourth-order valence-corrected chi connectivity index (χ4v) is 6.08. The van der Waals surface area contributed by atoms with Crippen LogP contribution in [0.3, 0.4) is 0 Å². The van der Waals surface area contributed by atoms with E-state index in [4.69, 9.17) is 5.73 Å². The summed E-state index contributed by atoms with van der Waals surface area (Å²) < 4.78 is 55.9. The fraction of sp³-hybridized carbons (Fsp3) is 0.345. The van der Waals surface area contributed by atoms with Crippen LogP contribution in [0.1, 0.15) is 16.7 Å². The summed E-state index contributed by atoms with van der Waals surface area (Å²) in [5, 5.41) is 2.83. The summed E-state index contributed by atoms with van der Waals surface area (Å²) in [7, 11) is -7.41. The molecule has 0 saturated carbocycles. The van der Waals surface area contributed by atoms with Crippen LogP contribution in [0.2, 0.25) is 0 Å². The van der Waals surface area contributed by atoms with Crippen LogP contribution in [-0.4, -0.2) is 73.0 Å². The average Bonchev–Trinajstić information content (AvgIpc) is 2.93. The standard InChI is InChI=1S/C29H39N5O5S2/c1-23-8-12-26(13-9-23)40(36,37)32-17-20-34(21-18-33-41(38,39)27-14-10-24(2)11-15-27)19-16-31-29(35)28(30)22-25-6-4-3-5-7-25/h3-15,28,32-33H,16-22,30H2,1-2H3,(H,31,35)/t28-/m1/s1. The molecule has 12 heteroatoms. The first-order valence-corrected chi connectivity index (χ1v) is 16.4. The number of sulfonamides is 2. The smallest absolute Gasteiger partial charge is 0.240 e. The molecule has 5 N–H and O–H groups in total. The second-order valence-corrected chi connectivity index (χ2v) is 13.4. The third-order valence-electron chi connectivity index (χ3n) is 6.47. The molecule has 0 aliphatic heterocycles. The van der Waals surface area contributed by atoms with Crippen molar-refractivity contribution in [2.45, 2.75) is 36.1 Å². The van der Waals surface area contributed by atoms with Crippen LogP contribution in [0, 0.1) is 13.8 Å². The Labute approximate surface area is 243 Å². The van der Waals surface area contributed by atoms with E-state index in [-0.39, 0.29) is 35.3 Å². The third-order valence-corrected chi connectivity index (χ3v) is 9.42. The molecule has 10 nitrogen and oxygen atoms in total. The van der Waals surface area contributed by atoms with Gasteiger partial charge in [0.25, 0.3) is 0 Å². The Morgan fingerprint density at radius 2 is 1.15 bits per heavy atom. The molecule has 3 aromatic carbocycles. The maximum Gasteiger partial charge on any atom is 0.240 e. The Morgan fingerprint density at radius 3 is 1.61 bits per heavy atom. The number of nitrogens with one attached hydrogen (secondary N) is 3. The Balaban J connectivity index is 1.56. The van der Waals surface area contributed by atoms with Gasteiger partial charge in [0.1, 0.15) is 0 Å². The first-order valence-electron chi connectivity index (χ1n) is 13.4. The van der Waals surface area contributed by atoms with Crippen LogP contribution in [0.5, 0.6) is 0 Å². The molecule has 0 spiro atoms. The van der Waals surface area contributed by atoms with Gasteiger partial charge < -0.3 is 11.1 Å². The van der Waals surface area contributed by atoms with Crippen molar-refractivity contribution in [3.63, 3.8) is 0 Å². The van der Waals surface area contributed by atoms with Crippen LogP contribution >= 0.6 is 0 Å². The zero-order chi connectivity index (χ0) is 29.9. The molecule has 3 rings (SSSR count). The normalized spacial score (nSPS) is 12.8. The molecule has 0 unspecified atom stereocenters. The van der Waals surface area contributed by atoms with E-state index in [2.05, 4.69) is 14.8 Å². The van der Waals surface area contributed by atoms with E-state index < -0.39 is 26.1 Å². The molecular weight excluding hydrogens is 562 g/mol. The monoisotopic (exact) mass is 601 g/mol. The van der Waals surface area contributed by atoms with Gasteiger partial charge in [0.15, 0.2) is 0 Å². The molecule has 1 atom stereocenters.